The summed E-state index contributed by atoms with van der Waals surface area (Å²) in [7, 11) is -0.953. The Morgan fingerprint density at radius 2 is 0.865 bits per heavy atom. The molecule has 4 nitrogen and oxygen atoms in total. The Kier molecular flexibility index (Phi) is 9.84. The fraction of sp³-hybridized carbons (Fsp3) is 0.147. The number of aromatic nitrogens is 2. The van der Waals surface area contributed by atoms with Gasteiger partial charge in [0.25, 0.3) is 0 Å². The standard InChI is InChI=1S/C68H54N4S2/c1-4-68-42-43(2)60-41-61(74(60,68)3)62-67(68)70-64-63(69-62)65(48-33-37-50(38-34-48)71(56-29-13-21-44-17-5-9-25-52(44)56)57-30-14-22-45-18-6-10-26-53(45)57)73-66(64)49-35-39-51(40-36-49)72(58-31-15-23-46-19-7-11-27-54(46)58)59-32-16-24-47-20-8-12-28-55(47)59/h5-40,43,60-61H,4,41-42H2,1-3H3/t43?,60-,61?,68?/m1/s1. The van der Waals surface area contributed by atoms with E-state index < -0.39 is 10.0 Å². The topological polar surface area (TPSA) is 32.3 Å². The zero-order valence-corrected chi connectivity index (χ0v) is 43.4. The van der Waals surface area contributed by atoms with Gasteiger partial charge in [-0.15, -0.1) is 11.3 Å². The Balaban J connectivity index is 0.902. The van der Waals surface area contributed by atoms with Crippen molar-refractivity contribution >= 4 is 110 Å². The number of benzene rings is 10. The highest BCUT2D eigenvalue weighted by Gasteiger charge is 2.71. The first-order valence-corrected chi connectivity index (χ1v) is 29.2. The molecule has 0 saturated carbocycles. The molecule has 3 aliphatic rings. The highest BCUT2D eigenvalue weighted by atomic mass is 32.3. The lowest BCUT2D eigenvalue weighted by atomic mass is 9.84. The molecule has 15 rings (SSSR count). The predicted octanol–water partition coefficient (Wildman–Crippen LogP) is 19.5. The highest BCUT2D eigenvalue weighted by molar-refractivity contribution is 8.36. The van der Waals surface area contributed by atoms with E-state index in [1.54, 1.807) is 0 Å². The van der Waals surface area contributed by atoms with Crippen molar-refractivity contribution in [2.24, 2.45) is 5.92 Å². The first-order chi connectivity index (χ1) is 36.4. The minimum Gasteiger partial charge on any atom is -0.309 e. The van der Waals surface area contributed by atoms with Gasteiger partial charge in [0.1, 0.15) is 11.0 Å². The summed E-state index contributed by atoms with van der Waals surface area (Å²) in [6.45, 7) is 4.95. The van der Waals surface area contributed by atoms with Gasteiger partial charge in [-0.25, -0.2) is 20.0 Å². The molecule has 3 aliphatic heterocycles. The Labute approximate surface area is 437 Å². The summed E-state index contributed by atoms with van der Waals surface area (Å²) in [5, 5.41) is 11.1. The van der Waals surface area contributed by atoms with Crippen molar-refractivity contribution in [3.63, 3.8) is 0 Å². The van der Waals surface area contributed by atoms with E-state index >= 15 is 0 Å². The largest absolute Gasteiger partial charge is 0.309 e. The van der Waals surface area contributed by atoms with Crippen LogP contribution in [0, 0.1) is 5.92 Å². The van der Waals surface area contributed by atoms with Gasteiger partial charge in [-0.1, -0.05) is 184 Å². The van der Waals surface area contributed by atoms with Gasteiger partial charge < -0.3 is 9.80 Å². The summed E-state index contributed by atoms with van der Waals surface area (Å²) in [4.78, 5) is 19.1. The second-order valence-electron chi connectivity index (χ2n) is 21.0. The van der Waals surface area contributed by atoms with Gasteiger partial charge in [-0.3, -0.25) is 0 Å². The summed E-state index contributed by atoms with van der Waals surface area (Å²) < 4.78 is 0.130. The molecule has 10 aromatic carbocycles. The average Bonchev–Trinajstić information content (AvgIpc) is 3.95. The minimum absolute atomic E-state index is 0.130. The minimum atomic E-state index is -0.953. The molecule has 4 unspecified atom stereocenters. The molecular weight excluding hydrogens is 937 g/mol. The maximum Gasteiger partial charge on any atom is 0.108 e. The summed E-state index contributed by atoms with van der Waals surface area (Å²) in [5.41, 5.74) is 13.9. The number of anilines is 6. The normalized spacial score (nSPS) is 21.4. The van der Waals surface area contributed by atoms with E-state index in [1.807, 2.05) is 11.3 Å². The molecule has 5 atom stereocenters. The SMILES string of the molecule is CCC12CC(C)[C@H]3CC(c4nc5c(-c6ccc(N(c7cccc8ccccc78)c7cccc8ccccc78)cc6)sc(-c6ccc(N(c7cccc8ccccc78)c7cccc8ccccc78)cc6)c5nc41)S32C. The van der Waals surface area contributed by atoms with Gasteiger partial charge in [0.15, 0.2) is 0 Å². The van der Waals surface area contributed by atoms with Crippen molar-refractivity contribution in [2.45, 2.75) is 48.4 Å². The molecule has 12 aromatic rings. The number of rotatable bonds is 9. The molecule has 2 fully saturated rings. The highest BCUT2D eigenvalue weighted by Crippen LogP contribution is 2.92. The maximum atomic E-state index is 5.97. The summed E-state index contributed by atoms with van der Waals surface area (Å²) in [6, 6.07) is 80.1. The Morgan fingerprint density at radius 1 is 0.486 bits per heavy atom. The first-order valence-electron chi connectivity index (χ1n) is 26.2. The van der Waals surface area contributed by atoms with Crippen LogP contribution in [0.4, 0.5) is 34.1 Å². The van der Waals surface area contributed by atoms with Crippen LogP contribution in [-0.2, 0) is 4.75 Å². The lowest BCUT2D eigenvalue weighted by Gasteiger charge is -2.58. The number of hydrogen-bond donors (Lipinski definition) is 0. The zero-order chi connectivity index (χ0) is 49.3. The van der Waals surface area contributed by atoms with Crippen LogP contribution >= 0.6 is 21.4 Å². The molecule has 74 heavy (non-hydrogen) atoms. The molecule has 6 heteroatoms. The first kappa shape index (κ1) is 43.8. The van der Waals surface area contributed by atoms with E-state index in [0.29, 0.717) is 5.25 Å². The van der Waals surface area contributed by atoms with E-state index in [0.717, 1.165) is 73.9 Å². The van der Waals surface area contributed by atoms with Crippen molar-refractivity contribution in [2.75, 3.05) is 16.1 Å². The molecule has 358 valence electrons. The molecule has 2 aromatic heterocycles. The van der Waals surface area contributed by atoms with Gasteiger partial charge >= 0.3 is 0 Å². The molecule has 0 bridgehead atoms. The second-order valence-corrected chi connectivity index (χ2v) is 26.1. The molecule has 0 amide bonds. The van der Waals surface area contributed by atoms with Crippen LogP contribution in [0.3, 0.4) is 0 Å². The molecule has 0 aliphatic carbocycles. The van der Waals surface area contributed by atoms with Crippen molar-refractivity contribution in [3.05, 3.63) is 230 Å². The van der Waals surface area contributed by atoms with E-state index in [-0.39, 0.29) is 4.75 Å². The van der Waals surface area contributed by atoms with Crippen molar-refractivity contribution in [1.82, 2.24) is 9.97 Å². The smallest absolute Gasteiger partial charge is 0.108 e. The second kappa shape index (κ2) is 16.6. The number of nitrogens with zero attached hydrogens (tertiary/aromatic N) is 4. The summed E-state index contributed by atoms with van der Waals surface area (Å²) in [5.74, 6) is 0.731. The maximum absolute atomic E-state index is 5.97. The van der Waals surface area contributed by atoms with E-state index in [2.05, 4.69) is 248 Å². The molecule has 0 spiro atoms. The Bertz CT molecular complexity index is 4040. The lowest BCUT2D eigenvalue weighted by molar-refractivity contribution is 0.428. The third-order valence-corrected chi connectivity index (χ3v) is 24.6. The van der Waals surface area contributed by atoms with Crippen LogP contribution in [-0.4, -0.2) is 21.5 Å². The van der Waals surface area contributed by atoms with Crippen LogP contribution in [0.25, 0.3) is 75.0 Å². The van der Waals surface area contributed by atoms with Crippen LogP contribution in [0.1, 0.15) is 49.7 Å². The Morgan fingerprint density at radius 3 is 1.27 bits per heavy atom. The molecule has 0 N–H and O–H groups in total. The summed E-state index contributed by atoms with van der Waals surface area (Å²) in [6.07, 6.45) is 6.29. The van der Waals surface area contributed by atoms with Gasteiger partial charge in [0.05, 0.1) is 43.9 Å². The van der Waals surface area contributed by atoms with Crippen LogP contribution < -0.4 is 9.80 Å². The lowest BCUT2D eigenvalue weighted by Crippen LogP contribution is -2.37. The van der Waals surface area contributed by atoms with Gasteiger partial charge in [-0.2, -0.15) is 0 Å². The quantitative estimate of drug-likeness (QED) is 0.144. The van der Waals surface area contributed by atoms with Crippen molar-refractivity contribution in [3.8, 4) is 20.9 Å². The number of fused-ring (bicyclic) bond motifs is 8. The molecule has 5 heterocycles. The fourth-order valence-electron chi connectivity index (χ4n) is 13.9. The van der Waals surface area contributed by atoms with Gasteiger partial charge in [-0.05, 0) is 118 Å². The van der Waals surface area contributed by atoms with Crippen molar-refractivity contribution in [1.29, 1.82) is 0 Å². The third kappa shape index (κ3) is 6.22. The monoisotopic (exact) mass is 990 g/mol. The molecular formula is C68H54N4S2. The van der Waals surface area contributed by atoms with E-state index in [4.69, 9.17) is 9.97 Å². The third-order valence-electron chi connectivity index (χ3n) is 17.5. The van der Waals surface area contributed by atoms with E-state index in [1.165, 1.54) is 77.1 Å². The molecule has 2 saturated heterocycles. The predicted molar refractivity (Wildman–Crippen MR) is 318 cm³/mol. The zero-order valence-electron chi connectivity index (χ0n) is 41.7. The number of thiophene rings is 1. The fourth-order valence-corrected chi connectivity index (χ4v) is 21.0. The van der Waals surface area contributed by atoms with Crippen LogP contribution in [0.5, 0.6) is 0 Å². The summed E-state index contributed by atoms with van der Waals surface area (Å²) >= 11 is 1.85. The van der Waals surface area contributed by atoms with Gasteiger partial charge in [0, 0.05) is 42.9 Å². The molecule has 0 radical (unpaired) electrons. The number of hydrogen-bond acceptors (Lipinski definition) is 5. The average molecular weight is 991 g/mol. The van der Waals surface area contributed by atoms with Crippen LogP contribution in [0.2, 0.25) is 0 Å². The van der Waals surface area contributed by atoms with E-state index in [9.17, 15) is 0 Å². The van der Waals surface area contributed by atoms with Crippen LogP contribution in [0.15, 0.2) is 218 Å². The van der Waals surface area contributed by atoms with Crippen molar-refractivity contribution < 1.29 is 0 Å². The Hall–Kier alpha value is -7.77. The van der Waals surface area contributed by atoms with Gasteiger partial charge in [0.2, 0.25) is 0 Å².